The average Bonchev–Trinajstić information content (AvgIpc) is 2.47. The van der Waals surface area contributed by atoms with Crippen LogP contribution < -0.4 is 11.1 Å². The Bertz CT molecular complexity index is 276. The van der Waals surface area contributed by atoms with Crippen LogP contribution >= 0.6 is 12.4 Å². The summed E-state index contributed by atoms with van der Waals surface area (Å²) in [6, 6.07) is -0.219. The number of halogens is 1. The second-order valence-electron chi connectivity index (χ2n) is 2.80. The minimum atomic E-state index is -0.291. The van der Waals surface area contributed by atoms with Gasteiger partial charge in [0.05, 0.1) is 12.7 Å². The molecule has 1 atom stereocenters. The normalized spacial score (nSPS) is 24.2. The van der Waals surface area contributed by atoms with Crippen LogP contribution in [0.25, 0.3) is 0 Å². The fraction of sp³-hybridized carbons (Fsp3) is 0.429. The molecule has 5 nitrogen and oxygen atoms in total. The summed E-state index contributed by atoms with van der Waals surface area (Å²) in [5.74, 6) is 0.600. The quantitative estimate of drug-likeness (QED) is 0.576. The summed E-state index contributed by atoms with van der Waals surface area (Å²) in [7, 11) is 0. The molecule has 13 heavy (non-hydrogen) atoms. The summed E-state index contributed by atoms with van der Waals surface area (Å²) in [6.45, 7) is 1.25. The first-order valence-electron chi connectivity index (χ1n) is 3.80. The van der Waals surface area contributed by atoms with Gasteiger partial charge in [0.15, 0.2) is 0 Å². The van der Waals surface area contributed by atoms with E-state index in [1.807, 2.05) is 4.90 Å². The Hall–Kier alpha value is -1.23. The van der Waals surface area contributed by atoms with Gasteiger partial charge in [0.2, 0.25) is 5.91 Å². The van der Waals surface area contributed by atoms with Crippen LogP contribution in [0.15, 0.2) is 17.0 Å². The van der Waals surface area contributed by atoms with Crippen LogP contribution in [0, 0.1) is 0 Å². The molecule has 0 aromatic rings. The van der Waals surface area contributed by atoms with Crippen LogP contribution in [0.2, 0.25) is 0 Å². The van der Waals surface area contributed by atoms with E-state index in [1.54, 1.807) is 12.4 Å². The zero-order valence-electron chi connectivity index (χ0n) is 6.93. The van der Waals surface area contributed by atoms with E-state index in [0.29, 0.717) is 13.1 Å². The van der Waals surface area contributed by atoms with Gasteiger partial charge < -0.3 is 16.0 Å². The highest BCUT2D eigenvalue weighted by Gasteiger charge is 2.31. The topological polar surface area (TPSA) is 70.7 Å². The van der Waals surface area contributed by atoms with E-state index in [0.717, 1.165) is 5.82 Å². The molecule has 2 heterocycles. The van der Waals surface area contributed by atoms with Gasteiger partial charge in [-0.05, 0) is 0 Å². The number of nitrogens with one attached hydrogen (secondary N) is 1. The second kappa shape index (κ2) is 3.66. The van der Waals surface area contributed by atoms with Crippen LogP contribution in [-0.2, 0) is 4.79 Å². The first-order valence-corrected chi connectivity index (χ1v) is 3.80. The number of carbonyl (C=O) groups excluding carboxylic acids is 1. The molecule has 3 N–H and O–H groups in total. The van der Waals surface area contributed by atoms with Crippen LogP contribution in [-0.4, -0.2) is 36.2 Å². The van der Waals surface area contributed by atoms with Gasteiger partial charge in [-0.1, -0.05) is 0 Å². The number of carbonyl (C=O) groups is 1. The Kier molecular flexibility index (Phi) is 2.77. The summed E-state index contributed by atoms with van der Waals surface area (Å²) < 4.78 is 0. The molecule has 1 amide bonds. The Morgan fingerprint density at radius 1 is 1.77 bits per heavy atom. The molecule has 2 aliphatic rings. The number of hydrogen-bond donors (Lipinski definition) is 2. The van der Waals surface area contributed by atoms with Gasteiger partial charge in [-0.15, -0.1) is 12.4 Å². The Morgan fingerprint density at radius 3 is 3.23 bits per heavy atom. The van der Waals surface area contributed by atoms with Crippen molar-refractivity contribution in [3.63, 3.8) is 0 Å². The number of rotatable bonds is 1. The van der Waals surface area contributed by atoms with E-state index in [2.05, 4.69) is 10.3 Å². The van der Waals surface area contributed by atoms with Gasteiger partial charge >= 0.3 is 0 Å². The molecule has 6 heteroatoms. The molecule has 0 saturated carbocycles. The van der Waals surface area contributed by atoms with E-state index in [-0.39, 0.29) is 24.4 Å². The molecule has 2 aliphatic heterocycles. The summed E-state index contributed by atoms with van der Waals surface area (Å²) >= 11 is 0. The Morgan fingerprint density at radius 2 is 2.54 bits per heavy atom. The van der Waals surface area contributed by atoms with Crippen molar-refractivity contribution in [1.82, 2.24) is 10.2 Å². The lowest BCUT2D eigenvalue weighted by Crippen LogP contribution is -2.42. The Labute approximate surface area is 82.1 Å². The van der Waals surface area contributed by atoms with Crippen molar-refractivity contribution in [3.05, 3.63) is 12.0 Å². The monoisotopic (exact) mass is 202 g/mol. The van der Waals surface area contributed by atoms with Gasteiger partial charge in [0.25, 0.3) is 0 Å². The van der Waals surface area contributed by atoms with Crippen molar-refractivity contribution in [2.45, 2.75) is 6.04 Å². The third-order valence-corrected chi connectivity index (χ3v) is 2.07. The molecular formula is C7H11ClN4O. The SMILES string of the molecule is Cl.NC(=O)C1CNC2=CN=CCN21. The molecule has 0 aromatic heterocycles. The highest BCUT2D eigenvalue weighted by atomic mass is 35.5. The van der Waals surface area contributed by atoms with Gasteiger partial charge in [-0.2, -0.15) is 0 Å². The van der Waals surface area contributed by atoms with Crippen molar-refractivity contribution in [2.75, 3.05) is 13.1 Å². The minimum Gasteiger partial charge on any atom is -0.368 e. The van der Waals surface area contributed by atoms with Crippen molar-refractivity contribution in [2.24, 2.45) is 10.7 Å². The van der Waals surface area contributed by atoms with Gasteiger partial charge in [0.1, 0.15) is 11.9 Å². The fourth-order valence-electron chi connectivity index (χ4n) is 1.44. The lowest BCUT2D eigenvalue weighted by Gasteiger charge is -2.23. The average molecular weight is 203 g/mol. The molecule has 1 fully saturated rings. The van der Waals surface area contributed by atoms with Gasteiger partial charge in [-0.25, -0.2) is 0 Å². The van der Waals surface area contributed by atoms with E-state index >= 15 is 0 Å². The standard InChI is InChI=1S/C7H10N4O.ClH/c8-7(12)5-3-10-6-4-9-1-2-11(5)6;/h1,4-5,10H,2-3H2,(H2,8,12);1H. The van der Waals surface area contributed by atoms with Crippen LogP contribution in [0.5, 0.6) is 0 Å². The zero-order chi connectivity index (χ0) is 8.55. The zero-order valence-corrected chi connectivity index (χ0v) is 7.75. The van der Waals surface area contributed by atoms with Crippen LogP contribution in [0.3, 0.4) is 0 Å². The maximum Gasteiger partial charge on any atom is 0.242 e. The molecule has 0 bridgehead atoms. The molecule has 1 saturated heterocycles. The number of amides is 1. The first kappa shape index (κ1) is 9.85. The smallest absolute Gasteiger partial charge is 0.242 e. The first-order chi connectivity index (χ1) is 5.79. The fourth-order valence-corrected chi connectivity index (χ4v) is 1.44. The third-order valence-electron chi connectivity index (χ3n) is 2.07. The van der Waals surface area contributed by atoms with Crippen molar-refractivity contribution >= 4 is 24.5 Å². The largest absolute Gasteiger partial charge is 0.368 e. The molecule has 1 unspecified atom stereocenters. The predicted molar refractivity (Wildman–Crippen MR) is 51.5 cm³/mol. The molecule has 2 rings (SSSR count). The summed E-state index contributed by atoms with van der Waals surface area (Å²) in [6.07, 6.45) is 3.46. The number of nitrogens with zero attached hydrogens (tertiary/aromatic N) is 2. The number of aliphatic imine (C=N–C) groups is 1. The van der Waals surface area contributed by atoms with Crippen molar-refractivity contribution < 1.29 is 4.79 Å². The number of fused-ring (bicyclic) bond motifs is 1. The molecule has 0 spiro atoms. The van der Waals surface area contributed by atoms with Crippen molar-refractivity contribution in [3.8, 4) is 0 Å². The maximum atomic E-state index is 10.9. The molecular weight excluding hydrogens is 192 g/mol. The van der Waals surface area contributed by atoms with Crippen LogP contribution in [0.1, 0.15) is 0 Å². The number of hydrogen-bond acceptors (Lipinski definition) is 4. The van der Waals surface area contributed by atoms with E-state index < -0.39 is 0 Å². The van der Waals surface area contributed by atoms with Gasteiger partial charge in [-0.3, -0.25) is 9.79 Å². The molecule has 72 valence electrons. The molecule has 0 radical (unpaired) electrons. The highest BCUT2D eigenvalue weighted by Crippen LogP contribution is 2.15. The molecule has 0 aliphatic carbocycles. The lowest BCUT2D eigenvalue weighted by atomic mass is 10.2. The number of primary amides is 1. The summed E-state index contributed by atoms with van der Waals surface area (Å²) in [5, 5.41) is 3.06. The van der Waals surface area contributed by atoms with E-state index in [4.69, 9.17) is 5.73 Å². The van der Waals surface area contributed by atoms with E-state index in [9.17, 15) is 4.79 Å². The second-order valence-corrected chi connectivity index (χ2v) is 2.80. The Balaban J connectivity index is 0.000000845. The predicted octanol–water partition coefficient (Wildman–Crippen LogP) is -0.949. The summed E-state index contributed by atoms with van der Waals surface area (Å²) in [5.41, 5.74) is 5.21. The van der Waals surface area contributed by atoms with Crippen molar-refractivity contribution in [1.29, 1.82) is 0 Å². The number of nitrogens with two attached hydrogens (primary N) is 1. The maximum absolute atomic E-state index is 10.9. The summed E-state index contributed by atoms with van der Waals surface area (Å²) in [4.78, 5) is 16.8. The molecule has 0 aromatic carbocycles. The highest BCUT2D eigenvalue weighted by molar-refractivity contribution is 5.85. The third kappa shape index (κ3) is 1.60. The minimum absolute atomic E-state index is 0. The lowest BCUT2D eigenvalue weighted by molar-refractivity contribution is -0.121. The van der Waals surface area contributed by atoms with E-state index in [1.165, 1.54) is 0 Å². The van der Waals surface area contributed by atoms with Gasteiger partial charge in [0, 0.05) is 12.8 Å². The van der Waals surface area contributed by atoms with Crippen LogP contribution in [0.4, 0.5) is 0 Å².